The fraction of sp³-hybridized carbons (Fsp3) is 0.643. The van der Waals surface area contributed by atoms with Crippen LogP contribution in [0.15, 0.2) is 18.3 Å². The number of aliphatic hydroxyl groups is 1. The summed E-state index contributed by atoms with van der Waals surface area (Å²) in [6, 6.07) is 3.58. The van der Waals surface area contributed by atoms with Crippen molar-refractivity contribution in [2.45, 2.75) is 45.7 Å². The molecule has 0 aliphatic carbocycles. The number of halogens is 1. The van der Waals surface area contributed by atoms with E-state index in [1.807, 2.05) is 0 Å². The van der Waals surface area contributed by atoms with Gasteiger partial charge in [-0.3, -0.25) is 4.98 Å². The molecule has 0 amide bonds. The Balaban J connectivity index is 2.68. The van der Waals surface area contributed by atoms with Crippen molar-refractivity contribution in [3.63, 3.8) is 0 Å². The summed E-state index contributed by atoms with van der Waals surface area (Å²) >= 11 is 0. The molecule has 0 spiro atoms. The minimum absolute atomic E-state index is 0.110. The summed E-state index contributed by atoms with van der Waals surface area (Å²) in [6.45, 7) is 6.53. The van der Waals surface area contributed by atoms with E-state index in [9.17, 15) is 4.39 Å². The van der Waals surface area contributed by atoms with Crippen LogP contribution in [0.5, 0.6) is 0 Å². The summed E-state index contributed by atoms with van der Waals surface area (Å²) in [5, 5.41) is 12.3. The van der Waals surface area contributed by atoms with Crippen LogP contribution in [0.2, 0.25) is 0 Å². The summed E-state index contributed by atoms with van der Waals surface area (Å²) in [5.74, 6) is 0.0640. The predicted molar refractivity (Wildman–Crippen MR) is 70.7 cm³/mol. The number of hydrogen-bond donors (Lipinski definition) is 2. The number of rotatable bonds is 7. The van der Waals surface area contributed by atoms with Crippen molar-refractivity contribution in [1.82, 2.24) is 10.3 Å². The van der Waals surface area contributed by atoms with Crippen molar-refractivity contribution in [2.24, 2.45) is 5.92 Å². The van der Waals surface area contributed by atoms with Crippen LogP contribution in [0, 0.1) is 11.7 Å². The van der Waals surface area contributed by atoms with E-state index in [2.05, 4.69) is 31.1 Å². The van der Waals surface area contributed by atoms with Crippen LogP contribution in [0.4, 0.5) is 4.39 Å². The van der Waals surface area contributed by atoms with Gasteiger partial charge in [0.1, 0.15) is 5.82 Å². The van der Waals surface area contributed by atoms with Gasteiger partial charge in [-0.05, 0) is 37.8 Å². The molecule has 2 N–H and O–H groups in total. The fourth-order valence-electron chi connectivity index (χ4n) is 1.98. The van der Waals surface area contributed by atoms with Crippen LogP contribution in [-0.4, -0.2) is 22.7 Å². The van der Waals surface area contributed by atoms with E-state index in [1.54, 1.807) is 6.07 Å². The number of hydrogen-bond acceptors (Lipinski definition) is 3. The standard InChI is InChI=1S/C14H23FN2O/c1-10(2)14(17-11(3)5-4-8-18)13-7-6-12(15)9-16-13/h6-7,9-11,14,17-18H,4-5,8H2,1-3H3. The molecule has 1 aromatic heterocycles. The van der Waals surface area contributed by atoms with Crippen molar-refractivity contribution >= 4 is 0 Å². The molecule has 0 saturated carbocycles. The highest BCUT2D eigenvalue weighted by atomic mass is 19.1. The van der Waals surface area contributed by atoms with Gasteiger partial charge in [0, 0.05) is 12.6 Å². The molecule has 0 radical (unpaired) electrons. The molecule has 0 bridgehead atoms. The lowest BCUT2D eigenvalue weighted by Crippen LogP contribution is -2.34. The Morgan fingerprint density at radius 3 is 2.56 bits per heavy atom. The second-order valence-corrected chi connectivity index (χ2v) is 5.06. The Bertz CT molecular complexity index is 340. The molecule has 1 heterocycles. The Morgan fingerprint density at radius 1 is 1.33 bits per heavy atom. The monoisotopic (exact) mass is 254 g/mol. The second-order valence-electron chi connectivity index (χ2n) is 5.06. The van der Waals surface area contributed by atoms with E-state index in [1.165, 1.54) is 12.3 Å². The summed E-state index contributed by atoms with van der Waals surface area (Å²) < 4.78 is 12.9. The zero-order chi connectivity index (χ0) is 13.5. The first kappa shape index (κ1) is 15.1. The molecular weight excluding hydrogens is 231 g/mol. The lowest BCUT2D eigenvalue weighted by molar-refractivity contribution is 0.268. The van der Waals surface area contributed by atoms with E-state index in [4.69, 9.17) is 5.11 Å². The molecule has 0 aromatic carbocycles. The molecule has 0 aliphatic rings. The summed E-state index contributed by atoms with van der Waals surface area (Å²) in [5.41, 5.74) is 0.863. The van der Waals surface area contributed by atoms with Crippen molar-refractivity contribution in [3.8, 4) is 0 Å². The molecule has 0 aliphatic heterocycles. The molecule has 2 unspecified atom stereocenters. The van der Waals surface area contributed by atoms with Crippen LogP contribution >= 0.6 is 0 Å². The van der Waals surface area contributed by atoms with Crippen LogP contribution in [0.25, 0.3) is 0 Å². The highest BCUT2D eigenvalue weighted by molar-refractivity contribution is 5.10. The Hall–Kier alpha value is -1.00. The molecule has 1 rings (SSSR count). The molecule has 2 atom stereocenters. The Kier molecular flexibility index (Phi) is 6.22. The van der Waals surface area contributed by atoms with Crippen LogP contribution in [-0.2, 0) is 0 Å². The van der Waals surface area contributed by atoms with Gasteiger partial charge in [-0.25, -0.2) is 4.39 Å². The van der Waals surface area contributed by atoms with E-state index < -0.39 is 0 Å². The number of nitrogens with one attached hydrogen (secondary N) is 1. The third-order valence-electron chi connectivity index (χ3n) is 2.99. The zero-order valence-electron chi connectivity index (χ0n) is 11.4. The summed E-state index contributed by atoms with van der Waals surface area (Å²) in [6.07, 6.45) is 2.96. The number of pyridine rings is 1. The number of aliphatic hydroxyl groups excluding tert-OH is 1. The highest BCUT2D eigenvalue weighted by Crippen LogP contribution is 2.21. The third kappa shape index (κ3) is 4.70. The van der Waals surface area contributed by atoms with Gasteiger partial charge in [0.2, 0.25) is 0 Å². The van der Waals surface area contributed by atoms with Gasteiger partial charge in [-0.15, -0.1) is 0 Å². The fourth-order valence-corrected chi connectivity index (χ4v) is 1.98. The Labute approximate surface area is 108 Å². The van der Waals surface area contributed by atoms with Gasteiger partial charge in [-0.1, -0.05) is 13.8 Å². The largest absolute Gasteiger partial charge is 0.396 e. The molecule has 18 heavy (non-hydrogen) atoms. The van der Waals surface area contributed by atoms with Gasteiger partial charge in [0.05, 0.1) is 17.9 Å². The maximum atomic E-state index is 12.9. The van der Waals surface area contributed by atoms with Gasteiger partial charge in [0.25, 0.3) is 0 Å². The minimum Gasteiger partial charge on any atom is -0.396 e. The first-order chi connectivity index (χ1) is 8.54. The summed E-state index contributed by atoms with van der Waals surface area (Å²) in [4.78, 5) is 4.15. The molecule has 3 nitrogen and oxygen atoms in total. The number of nitrogens with zero attached hydrogens (tertiary/aromatic N) is 1. The van der Waals surface area contributed by atoms with Crippen LogP contribution < -0.4 is 5.32 Å². The third-order valence-corrected chi connectivity index (χ3v) is 2.99. The van der Waals surface area contributed by atoms with Crippen LogP contribution in [0.1, 0.15) is 45.3 Å². The average Bonchev–Trinajstić information content (AvgIpc) is 2.34. The maximum Gasteiger partial charge on any atom is 0.141 e. The van der Waals surface area contributed by atoms with Crippen molar-refractivity contribution < 1.29 is 9.50 Å². The SMILES string of the molecule is CC(CCCO)NC(c1ccc(F)cn1)C(C)C. The first-order valence-corrected chi connectivity index (χ1v) is 6.53. The zero-order valence-corrected chi connectivity index (χ0v) is 11.4. The quantitative estimate of drug-likeness (QED) is 0.786. The van der Waals surface area contributed by atoms with E-state index in [-0.39, 0.29) is 18.5 Å². The minimum atomic E-state index is -0.311. The molecule has 102 valence electrons. The maximum absolute atomic E-state index is 12.9. The smallest absolute Gasteiger partial charge is 0.141 e. The van der Waals surface area contributed by atoms with Gasteiger partial charge < -0.3 is 10.4 Å². The molecule has 1 aromatic rings. The van der Waals surface area contributed by atoms with Crippen LogP contribution in [0.3, 0.4) is 0 Å². The molecule has 0 fully saturated rings. The average molecular weight is 254 g/mol. The number of aromatic nitrogens is 1. The second kappa shape index (κ2) is 7.44. The predicted octanol–water partition coefficient (Wildman–Crippen LogP) is 2.67. The van der Waals surface area contributed by atoms with E-state index in [0.29, 0.717) is 12.0 Å². The van der Waals surface area contributed by atoms with Crippen molar-refractivity contribution in [1.29, 1.82) is 0 Å². The van der Waals surface area contributed by atoms with Crippen molar-refractivity contribution in [3.05, 3.63) is 29.8 Å². The molecule has 0 saturated heterocycles. The molecular formula is C14H23FN2O. The van der Waals surface area contributed by atoms with Gasteiger partial charge >= 0.3 is 0 Å². The lowest BCUT2D eigenvalue weighted by Gasteiger charge is -2.26. The lowest BCUT2D eigenvalue weighted by atomic mass is 9.98. The van der Waals surface area contributed by atoms with Gasteiger partial charge in [-0.2, -0.15) is 0 Å². The highest BCUT2D eigenvalue weighted by Gasteiger charge is 2.19. The summed E-state index contributed by atoms with van der Waals surface area (Å²) in [7, 11) is 0. The Morgan fingerprint density at radius 2 is 2.06 bits per heavy atom. The van der Waals surface area contributed by atoms with Gasteiger partial charge in [0.15, 0.2) is 0 Å². The molecule has 4 heteroatoms. The first-order valence-electron chi connectivity index (χ1n) is 6.53. The van der Waals surface area contributed by atoms with E-state index in [0.717, 1.165) is 18.5 Å². The normalized spacial score (nSPS) is 14.8. The topological polar surface area (TPSA) is 45.1 Å². The van der Waals surface area contributed by atoms with E-state index >= 15 is 0 Å². The van der Waals surface area contributed by atoms with Crippen molar-refractivity contribution in [2.75, 3.05) is 6.61 Å².